The molecule has 28 heavy (non-hydrogen) atoms. The largest absolute Gasteiger partial charge is 0.310 e. The van der Waals surface area contributed by atoms with E-state index in [-0.39, 0.29) is 0 Å². The smallest absolute Gasteiger partial charge is 0.159 e. The Balaban J connectivity index is 1.60. The molecule has 0 unspecified atom stereocenters. The molecule has 1 aliphatic heterocycles. The van der Waals surface area contributed by atoms with Crippen LogP contribution in [-0.2, 0) is 13.1 Å². The van der Waals surface area contributed by atoms with Gasteiger partial charge in [0, 0.05) is 20.6 Å². The highest BCUT2D eigenvalue weighted by atomic mass is 79.9. The number of hydrogen-bond donors (Lipinski definition) is 1. The second-order valence-electron chi connectivity index (χ2n) is 7.25. The van der Waals surface area contributed by atoms with Gasteiger partial charge in [-0.15, -0.1) is 10.2 Å². The second kappa shape index (κ2) is 7.43. The Hall–Kier alpha value is -2.02. The van der Waals surface area contributed by atoms with Crippen LogP contribution in [0.15, 0.2) is 51.9 Å². The molecule has 0 saturated heterocycles. The molecule has 2 aromatic carbocycles. The number of hydrogen-bond acceptors (Lipinski definition) is 4. The summed E-state index contributed by atoms with van der Waals surface area (Å²) in [6, 6.07) is 14.0. The van der Waals surface area contributed by atoms with E-state index >= 15 is 0 Å². The van der Waals surface area contributed by atoms with Gasteiger partial charge in [0.2, 0.25) is 0 Å². The average Bonchev–Trinajstić information content (AvgIpc) is 3.45. The van der Waals surface area contributed by atoms with Crippen LogP contribution in [-0.4, -0.2) is 27.0 Å². The number of halogens is 2. The van der Waals surface area contributed by atoms with Crippen molar-refractivity contribution < 1.29 is 0 Å². The first-order valence-electron chi connectivity index (χ1n) is 9.44. The van der Waals surface area contributed by atoms with Crippen molar-refractivity contribution in [2.45, 2.75) is 25.9 Å². The first-order valence-corrected chi connectivity index (χ1v) is 10.6. The van der Waals surface area contributed by atoms with Gasteiger partial charge in [-0.2, -0.15) is 0 Å². The van der Waals surface area contributed by atoms with E-state index in [4.69, 9.17) is 16.6 Å². The molecule has 0 atom stereocenters. The normalized spacial score (nSPS) is 15.6. The number of nitrogens with one attached hydrogen (secondary N) is 1. The Kier molecular flexibility index (Phi) is 4.78. The summed E-state index contributed by atoms with van der Waals surface area (Å²) in [6.45, 7) is 2.19. The van der Waals surface area contributed by atoms with Crippen LogP contribution >= 0.6 is 27.5 Å². The van der Waals surface area contributed by atoms with Gasteiger partial charge in [-0.1, -0.05) is 45.7 Å². The monoisotopic (exact) mass is 455 g/mol. The van der Waals surface area contributed by atoms with Gasteiger partial charge in [-0.25, -0.2) is 0 Å². The summed E-state index contributed by atoms with van der Waals surface area (Å²) in [5.41, 5.74) is 3.86. The molecule has 1 N–H and O–H groups in total. The van der Waals surface area contributed by atoms with Crippen LogP contribution < -0.4 is 5.32 Å². The fourth-order valence-electron chi connectivity index (χ4n) is 3.57. The molecule has 5 nitrogen and oxygen atoms in total. The van der Waals surface area contributed by atoms with Crippen LogP contribution in [0, 0.1) is 5.92 Å². The summed E-state index contributed by atoms with van der Waals surface area (Å²) in [4.78, 5) is 4.87. The Morgan fingerprint density at radius 2 is 1.96 bits per heavy atom. The van der Waals surface area contributed by atoms with Crippen molar-refractivity contribution in [1.29, 1.82) is 0 Å². The van der Waals surface area contributed by atoms with E-state index in [0.29, 0.717) is 18.1 Å². The minimum absolute atomic E-state index is 0.461. The molecular formula is C21H19BrClN5. The van der Waals surface area contributed by atoms with Crippen molar-refractivity contribution in [3.8, 4) is 5.69 Å². The lowest BCUT2D eigenvalue weighted by Gasteiger charge is -2.15. The van der Waals surface area contributed by atoms with E-state index in [0.717, 1.165) is 51.1 Å². The topological polar surface area (TPSA) is 55.1 Å². The van der Waals surface area contributed by atoms with Crippen LogP contribution in [0.25, 0.3) is 5.69 Å². The molecule has 142 valence electrons. The number of aromatic nitrogens is 3. The first-order chi connectivity index (χ1) is 13.7. The molecule has 1 fully saturated rings. The maximum Gasteiger partial charge on any atom is 0.159 e. The standard InChI is InChI=1S/C21H19BrClN5/c22-14-7-8-16-18(9-14)28-19(11-24-10-13-5-6-13)26-27-20(28)12-25-21(16)15-3-1-2-4-17(15)23/h1-4,7-9,13,24H,5-6,10-12H2. The summed E-state index contributed by atoms with van der Waals surface area (Å²) in [5, 5.41) is 13.1. The molecule has 0 radical (unpaired) electrons. The predicted octanol–water partition coefficient (Wildman–Crippen LogP) is 4.53. The highest BCUT2D eigenvalue weighted by Crippen LogP contribution is 2.31. The second-order valence-corrected chi connectivity index (χ2v) is 8.57. The molecule has 0 bridgehead atoms. The van der Waals surface area contributed by atoms with E-state index in [2.05, 4.69) is 48.1 Å². The molecule has 1 aromatic heterocycles. The summed E-state index contributed by atoms with van der Waals surface area (Å²) in [5.74, 6) is 2.57. The lowest BCUT2D eigenvalue weighted by Crippen LogP contribution is -2.20. The van der Waals surface area contributed by atoms with Gasteiger partial charge in [-0.05, 0) is 49.6 Å². The number of fused-ring (bicyclic) bond motifs is 3. The van der Waals surface area contributed by atoms with Crippen LogP contribution in [0.5, 0.6) is 0 Å². The Labute approximate surface area is 177 Å². The van der Waals surface area contributed by atoms with Crippen molar-refractivity contribution in [2.75, 3.05) is 6.54 Å². The zero-order valence-corrected chi connectivity index (χ0v) is 17.5. The van der Waals surface area contributed by atoms with Crippen LogP contribution in [0.4, 0.5) is 0 Å². The predicted molar refractivity (Wildman–Crippen MR) is 114 cm³/mol. The van der Waals surface area contributed by atoms with Gasteiger partial charge in [0.25, 0.3) is 0 Å². The minimum Gasteiger partial charge on any atom is -0.310 e. The average molecular weight is 457 g/mol. The highest BCUT2D eigenvalue weighted by Gasteiger charge is 2.25. The molecule has 1 aliphatic carbocycles. The van der Waals surface area contributed by atoms with Gasteiger partial charge in [0.15, 0.2) is 11.6 Å². The molecular weight excluding hydrogens is 438 g/mol. The number of rotatable bonds is 5. The van der Waals surface area contributed by atoms with Crippen LogP contribution in [0.2, 0.25) is 5.02 Å². The van der Waals surface area contributed by atoms with E-state index < -0.39 is 0 Å². The van der Waals surface area contributed by atoms with Crippen molar-refractivity contribution in [3.63, 3.8) is 0 Å². The summed E-state index contributed by atoms with van der Waals surface area (Å²) in [7, 11) is 0. The number of aliphatic imine (C=N–C) groups is 1. The lowest BCUT2D eigenvalue weighted by molar-refractivity contribution is 0.611. The third-order valence-electron chi connectivity index (χ3n) is 5.17. The molecule has 7 heteroatoms. The van der Waals surface area contributed by atoms with E-state index in [9.17, 15) is 0 Å². The molecule has 2 heterocycles. The van der Waals surface area contributed by atoms with Gasteiger partial charge in [-0.3, -0.25) is 9.56 Å². The fourth-order valence-corrected chi connectivity index (χ4v) is 4.14. The van der Waals surface area contributed by atoms with Crippen LogP contribution in [0.3, 0.4) is 0 Å². The van der Waals surface area contributed by atoms with Crippen molar-refractivity contribution in [3.05, 3.63) is 74.7 Å². The van der Waals surface area contributed by atoms with Crippen molar-refractivity contribution in [2.24, 2.45) is 10.9 Å². The quantitative estimate of drug-likeness (QED) is 0.613. The third kappa shape index (κ3) is 3.41. The van der Waals surface area contributed by atoms with E-state index in [1.165, 1.54) is 12.8 Å². The SMILES string of the molecule is Clc1ccccc1C1=NCc2nnc(CNCC3CC3)n2-c2cc(Br)ccc21. The van der Waals surface area contributed by atoms with Crippen molar-refractivity contribution >= 4 is 33.2 Å². The van der Waals surface area contributed by atoms with Crippen LogP contribution in [0.1, 0.15) is 35.6 Å². The molecule has 5 rings (SSSR count). The molecule has 1 saturated carbocycles. The van der Waals surface area contributed by atoms with E-state index in [1.54, 1.807) is 0 Å². The third-order valence-corrected chi connectivity index (χ3v) is 6.00. The summed E-state index contributed by atoms with van der Waals surface area (Å²) in [6.07, 6.45) is 2.66. The zero-order valence-electron chi connectivity index (χ0n) is 15.2. The summed E-state index contributed by atoms with van der Waals surface area (Å²) < 4.78 is 3.14. The van der Waals surface area contributed by atoms with Crippen molar-refractivity contribution in [1.82, 2.24) is 20.1 Å². The van der Waals surface area contributed by atoms with Gasteiger partial charge in [0.05, 0.1) is 17.9 Å². The van der Waals surface area contributed by atoms with E-state index in [1.807, 2.05) is 30.3 Å². The Morgan fingerprint density at radius 3 is 2.79 bits per heavy atom. The maximum absolute atomic E-state index is 6.49. The molecule has 2 aliphatic rings. The van der Waals surface area contributed by atoms with Gasteiger partial charge < -0.3 is 5.32 Å². The Morgan fingerprint density at radius 1 is 1.11 bits per heavy atom. The molecule has 0 spiro atoms. The minimum atomic E-state index is 0.461. The highest BCUT2D eigenvalue weighted by molar-refractivity contribution is 9.10. The molecule has 0 amide bonds. The molecule has 3 aromatic rings. The number of nitrogens with zero attached hydrogens (tertiary/aromatic N) is 4. The first kappa shape index (κ1) is 18.0. The fraction of sp³-hybridized carbons (Fsp3) is 0.286. The lowest BCUT2D eigenvalue weighted by atomic mass is 10.0. The van der Waals surface area contributed by atoms with Gasteiger partial charge in [0.1, 0.15) is 6.54 Å². The number of benzene rings is 2. The van der Waals surface area contributed by atoms with Gasteiger partial charge >= 0.3 is 0 Å². The Bertz CT molecular complexity index is 1070. The maximum atomic E-state index is 6.49. The zero-order chi connectivity index (χ0) is 19.1. The summed E-state index contributed by atoms with van der Waals surface area (Å²) >= 11 is 10.1.